The maximum absolute atomic E-state index is 12.3. The molecule has 0 spiro atoms. The zero-order valence-corrected chi connectivity index (χ0v) is 12.7. The number of amides is 1. The van der Waals surface area contributed by atoms with Gasteiger partial charge in [0.1, 0.15) is 10.0 Å². The van der Waals surface area contributed by atoms with Gasteiger partial charge in [-0.1, -0.05) is 11.8 Å². The average molecular weight is 293 g/mol. The molecule has 0 fully saturated rings. The highest BCUT2D eigenvalue weighted by atomic mass is 32.2. The van der Waals surface area contributed by atoms with Crippen LogP contribution in [0, 0.1) is 0 Å². The van der Waals surface area contributed by atoms with E-state index in [4.69, 9.17) is 0 Å². The average Bonchev–Trinajstić information content (AvgIpc) is 2.94. The highest BCUT2D eigenvalue weighted by molar-refractivity contribution is 8.00. The summed E-state index contributed by atoms with van der Waals surface area (Å²) in [4.78, 5) is 22.3. The topological polar surface area (TPSA) is 46.1 Å². The van der Waals surface area contributed by atoms with Crippen LogP contribution in [-0.2, 0) is 0 Å². The smallest absolute Gasteiger partial charge is 0.273 e. The first-order chi connectivity index (χ1) is 9.13. The van der Waals surface area contributed by atoms with Crippen LogP contribution in [0.1, 0.15) is 29.0 Å². The second kappa shape index (κ2) is 6.16. The Balaban J connectivity index is 2.15. The molecule has 0 saturated carbocycles. The molecule has 0 saturated heterocycles. The minimum Gasteiger partial charge on any atom is -0.334 e. The van der Waals surface area contributed by atoms with Crippen molar-refractivity contribution in [1.29, 1.82) is 0 Å². The van der Waals surface area contributed by atoms with Crippen molar-refractivity contribution >= 4 is 29.0 Å². The van der Waals surface area contributed by atoms with Crippen molar-refractivity contribution in [2.24, 2.45) is 0 Å². The van der Waals surface area contributed by atoms with Gasteiger partial charge in [0.05, 0.1) is 6.04 Å². The lowest BCUT2D eigenvalue weighted by atomic mass is 10.1. The van der Waals surface area contributed by atoms with Gasteiger partial charge in [0.15, 0.2) is 0 Å². The first kappa shape index (κ1) is 14.0. The highest BCUT2D eigenvalue weighted by Gasteiger charge is 2.20. The fourth-order valence-corrected chi connectivity index (χ4v) is 2.91. The summed E-state index contributed by atoms with van der Waals surface area (Å²) >= 11 is 3.05. The van der Waals surface area contributed by atoms with Crippen LogP contribution in [0.25, 0.3) is 0 Å². The Labute approximate surface area is 120 Å². The molecule has 2 aromatic heterocycles. The molecular formula is C13H15N3OS2. The van der Waals surface area contributed by atoms with Crippen molar-refractivity contribution < 1.29 is 4.79 Å². The van der Waals surface area contributed by atoms with Gasteiger partial charge < -0.3 is 4.90 Å². The van der Waals surface area contributed by atoms with Crippen molar-refractivity contribution in [3.63, 3.8) is 0 Å². The van der Waals surface area contributed by atoms with E-state index < -0.39 is 0 Å². The third-order valence-corrected chi connectivity index (χ3v) is 4.83. The Kier molecular flexibility index (Phi) is 4.55. The van der Waals surface area contributed by atoms with E-state index in [-0.39, 0.29) is 11.9 Å². The van der Waals surface area contributed by atoms with Crippen LogP contribution >= 0.6 is 23.1 Å². The van der Waals surface area contributed by atoms with E-state index in [1.807, 2.05) is 30.7 Å². The maximum atomic E-state index is 12.3. The monoisotopic (exact) mass is 293 g/mol. The molecule has 4 nitrogen and oxygen atoms in total. The van der Waals surface area contributed by atoms with Gasteiger partial charge in [0.2, 0.25) is 0 Å². The van der Waals surface area contributed by atoms with Gasteiger partial charge in [-0.2, -0.15) is 0 Å². The van der Waals surface area contributed by atoms with Crippen LogP contribution in [0.2, 0.25) is 0 Å². The second-order valence-electron chi connectivity index (χ2n) is 4.08. The fraction of sp³-hybridized carbons (Fsp3) is 0.308. The molecule has 0 aliphatic heterocycles. The van der Waals surface area contributed by atoms with Crippen molar-refractivity contribution in [1.82, 2.24) is 14.9 Å². The Bertz CT molecular complexity index is 556. The predicted octanol–water partition coefficient (Wildman–Crippen LogP) is 3.09. The van der Waals surface area contributed by atoms with E-state index in [0.29, 0.717) is 5.69 Å². The molecule has 0 N–H and O–H groups in total. The molecule has 2 heterocycles. The largest absolute Gasteiger partial charge is 0.334 e. The second-order valence-corrected chi connectivity index (χ2v) is 5.99. The quantitative estimate of drug-likeness (QED) is 0.813. The van der Waals surface area contributed by atoms with Gasteiger partial charge in [-0.25, -0.2) is 4.98 Å². The molecule has 0 bridgehead atoms. The first-order valence-electron chi connectivity index (χ1n) is 5.80. The number of hydrogen-bond acceptors (Lipinski definition) is 5. The fourth-order valence-electron chi connectivity index (χ4n) is 1.67. The summed E-state index contributed by atoms with van der Waals surface area (Å²) in [6.45, 7) is 2.00. The third kappa shape index (κ3) is 3.13. The normalized spacial score (nSPS) is 12.2. The van der Waals surface area contributed by atoms with Crippen LogP contribution in [0.4, 0.5) is 0 Å². The molecule has 1 atom stereocenters. The molecule has 2 rings (SSSR count). The van der Waals surface area contributed by atoms with E-state index in [9.17, 15) is 4.79 Å². The summed E-state index contributed by atoms with van der Waals surface area (Å²) in [5.74, 6) is -0.0548. The third-order valence-electron chi connectivity index (χ3n) is 2.97. The lowest BCUT2D eigenvalue weighted by Crippen LogP contribution is -2.29. The summed E-state index contributed by atoms with van der Waals surface area (Å²) in [7, 11) is 1.80. The number of rotatable bonds is 4. The Morgan fingerprint density at radius 3 is 2.68 bits per heavy atom. The Morgan fingerprint density at radius 1 is 1.42 bits per heavy atom. The molecule has 0 aliphatic carbocycles. The number of hydrogen-bond donors (Lipinski definition) is 0. The molecule has 0 radical (unpaired) electrons. The van der Waals surface area contributed by atoms with Crippen LogP contribution in [0.15, 0.2) is 34.2 Å². The number of aromatic nitrogens is 2. The van der Waals surface area contributed by atoms with E-state index in [0.717, 1.165) is 9.90 Å². The number of carbonyl (C=O) groups excluding carboxylic acids is 1. The van der Waals surface area contributed by atoms with Gasteiger partial charge in [-0.15, -0.1) is 11.3 Å². The predicted molar refractivity (Wildman–Crippen MR) is 78.6 cm³/mol. The zero-order valence-electron chi connectivity index (χ0n) is 11.0. The van der Waals surface area contributed by atoms with Crippen molar-refractivity contribution in [3.8, 4) is 0 Å². The van der Waals surface area contributed by atoms with E-state index in [1.54, 1.807) is 36.1 Å². The summed E-state index contributed by atoms with van der Waals surface area (Å²) in [6, 6.07) is 3.83. The number of thiazole rings is 1. The van der Waals surface area contributed by atoms with Gasteiger partial charge in [-0.05, 0) is 30.9 Å². The van der Waals surface area contributed by atoms with Gasteiger partial charge >= 0.3 is 0 Å². The number of carbonyl (C=O) groups is 1. The van der Waals surface area contributed by atoms with Crippen molar-refractivity contribution in [2.75, 3.05) is 13.3 Å². The first-order valence-corrected chi connectivity index (χ1v) is 7.90. The van der Waals surface area contributed by atoms with Crippen molar-refractivity contribution in [3.05, 3.63) is 41.2 Å². The SMILES string of the molecule is CSc1nc(C(=O)N(C)[C@H](C)c2ccncc2)cs1. The Morgan fingerprint density at radius 2 is 2.11 bits per heavy atom. The summed E-state index contributed by atoms with van der Waals surface area (Å²) in [5.41, 5.74) is 1.57. The molecule has 6 heteroatoms. The Hall–Kier alpha value is -1.40. The zero-order chi connectivity index (χ0) is 13.8. The molecule has 100 valence electrons. The lowest BCUT2D eigenvalue weighted by molar-refractivity contribution is 0.0737. The highest BCUT2D eigenvalue weighted by Crippen LogP contribution is 2.23. The van der Waals surface area contributed by atoms with Crippen molar-refractivity contribution in [2.45, 2.75) is 17.3 Å². The van der Waals surface area contributed by atoms with E-state index in [2.05, 4.69) is 9.97 Å². The van der Waals surface area contributed by atoms with Crippen LogP contribution < -0.4 is 0 Å². The molecule has 1 amide bonds. The molecule has 2 aromatic rings. The minimum atomic E-state index is -0.0548. The molecule has 0 aliphatic rings. The van der Waals surface area contributed by atoms with Gasteiger partial charge in [0.25, 0.3) is 5.91 Å². The van der Waals surface area contributed by atoms with Gasteiger partial charge in [-0.3, -0.25) is 9.78 Å². The number of nitrogens with zero attached hydrogens (tertiary/aromatic N) is 3. The van der Waals surface area contributed by atoms with E-state index >= 15 is 0 Å². The molecule has 0 unspecified atom stereocenters. The molecule has 0 aromatic carbocycles. The standard InChI is InChI=1S/C13H15N3OS2/c1-9(10-4-6-14-7-5-10)16(2)12(17)11-8-19-13(15-11)18-3/h4-9H,1-3H3/t9-/m1/s1. The van der Waals surface area contributed by atoms with E-state index in [1.165, 1.54) is 11.3 Å². The van der Waals surface area contributed by atoms with Crippen LogP contribution in [0.3, 0.4) is 0 Å². The van der Waals surface area contributed by atoms with Crippen LogP contribution in [-0.4, -0.2) is 34.1 Å². The lowest BCUT2D eigenvalue weighted by Gasteiger charge is -2.24. The molecule has 19 heavy (non-hydrogen) atoms. The summed E-state index contributed by atoms with van der Waals surface area (Å²) in [5, 5.41) is 1.81. The number of thioether (sulfide) groups is 1. The summed E-state index contributed by atoms with van der Waals surface area (Å²) < 4.78 is 0.910. The van der Waals surface area contributed by atoms with Gasteiger partial charge in [0, 0.05) is 24.8 Å². The maximum Gasteiger partial charge on any atom is 0.273 e. The molecular weight excluding hydrogens is 278 g/mol. The van der Waals surface area contributed by atoms with Crippen LogP contribution in [0.5, 0.6) is 0 Å². The summed E-state index contributed by atoms with van der Waals surface area (Å²) in [6.07, 6.45) is 5.42. The minimum absolute atomic E-state index is 0.00469. The number of pyridine rings is 1.